The summed E-state index contributed by atoms with van der Waals surface area (Å²) in [4.78, 5) is 27.7. The Hall–Kier alpha value is -3.22. The minimum absolute atomic E-state index is 0.237. The molecule has 0 unspecified atom stereocenters. The van der Waals surface area contributed by atoms with E-state index in [1.807, 2.05) is 0 Å². The molecule has 0 saturated carbocycles. The summed E-state index contributed by atoms with van der Waals surface area (Å²) in [5.74, 6) is 0.871. The molecule has 0 aliphatic rings. The summed E-state index contributed by atoms with van der Waals surface area (Å²) in [6.07, 6.45) is 3.07. The van der Waals surface area contributed by atoms with Crippen molar-refractivity contribution in [2.24, 2.45) is 0 Å². The van der Waals surface area contributed by atoms with Crippen LogP contribution >= 0.6 is 0 Å². The molecule has 0 aliphatic carbocycles. The van der Waals surface area contributed by atoms with E-state index in [2.05, 4.69) is 4.98 Å². The highest BCUT2D eigenvalue weighted by Crippen LogP contribution is 2.35. The third kappa shape index (κ3) is 4.19. The Balaban J connectivity index is 2.38. The fourth-order valence-corrected chi connectivity index (χ4v) is 2.96. The fourth-order valence-electron chi connectivity index (χ4n) is 2.96. The Bertz CT molecular complexity index is 910. The van der Waals surface area contributed by atoms with Gasteiger partial charge in [-0.3, -0.25) is 4.79 Å². The van der Waals surface area contributed by atoms with Crippen LogP contribution in [0.4, 0.5) is 0 Å². The van der Waals surface area contributed by atoms with E-state index in [9.17, 15) is 9.59 Å². The fraction of sp³-hybridized carbons (Fsp3) is 0.333. The summed E-state index contributed by atoms with van der Waals surface area (Å²) in [5.41, 5.74) is 2.56. The van der Waals surface area contributed by atoms with E-state index in [1.165, 1.54) is 27.4 Å². The van der Waals surface area contributed by atoms with Crippen molar-refractivity contribution in [3.63, 3.8) is 0 Å². The number of aromatic nitrogens is 1. The van der Waals surface area contributed by atoms with Gasteiger partial charge in [-0.2, -0.15) is 0 Å². The quantitative estimate of drug-likeness (QED) is 0.422. The van der Waals surface area contributed by atoms with Crippen molar-refractivity contribution in [3.8, 4) is 17.2 Å². The number of hydrogen-bond donors (Lipinski definition) is 1. The number of hydrogen-bond acceptors (Lipinski definition) is 6. The van der Waals surface area contributed by atoms with Crippen molar-refractivity contribution in [3.05, 3.63) is 46.3 Å². The molecular formula is C21H25NO6. The van der Waals surface area contributed by atoms with Crippen LogP contribution in [0.25, 0.3) is 6.08 Å². The van der Waals surface area contributed by atoms with E-state index in [0.29, 0.717) is 45.3 Å². The number of ether oxygens (including phenoxy) is 4. The first-order valence-electron chi connectivity index (χ1n) is 8.76. The zero-order valence-corrected chi connectivity index (χ0v) is 17.0. The molecule has 0 spiro atoms. The third-order valence-corrected chi connectivity index (χ3v) is 4.31. The number of rotatable bonds is 8. The zero-order valence-electron chi connectivity index (χ0n) is 17.0. The number of nitrogens with one attached hydrogen (secondary N) is 1. The van der Waals surface area contributed by atoms with Gasteiger partial charge in [0.05, 0.1) is 27.9 Å². The van der Waals surface area contributed by atoms with Gasteiger partial charge in [-0.25, -0.2) is 4.79 Å². The Morgan fingerprint density at radius 2 is 1.61 bits per heavy atom. The molecule has 2 rings (SSSR count). The van der Waals surface area contributed by atoms with Crippen molar-refractivity contribution < 1.29 is 28.5 Å². The number of benzene rings is 1. The van der Waals surface area contributed by atoms with Crippen LogP contribution in [0.3, 0.4) is 0 Å². The number of H-pyrrole nitrogens is 1. The van der Waals surface area contributed by atoms with Gasteiger partial charge in [0.2, 0.25) is 0 Å². The molecule has 0 radical (unpaired) electrons. The Morgan fingerprint density at radius 3 is 2.18 bits per heavy atom. The van der Waals surface area contributed by atoms with Gasteiger partial charge in [0.15, 0.2) is 17.3 Å². The monoisotopic (exact) mass is 387 g/mol. The lowest BCUT2D eigenvalue weighted by atomic mass is 10.0. The van der Waals surface area contributed by atoms with E-state index >= 15 is 0 Å². The molecule has 1 heterocycles. The van der Waals surface area contributed by atoms with Crippen molar-refractivity contribution in [1.29, 1.82) is 0 Å². The predicted octanol–water partition coefficient (Wildman–Crippen LogP) is 3.73. The summed E-state index contributed by atoms with van der Waals surface area (Å²) >= 11 is 0. The van der Waals surface area contributed by atoms with Crippen molar-refractivity contribution in [1.82, 2.24) is 4.98 Å². The Kier molecular flexibility index (Phi) is 6.87. The Morgan fingerprint density at radius 1 is 1.00 bits per heavy atom. The summed E-state index contributed by atoms with van der Waals surface area (Å²) in [7, 11) is 4.60. The highest BCUT2D eigenvalue weighted by atomic mass is 16.5. The molecule has 0 aliphatic heterocycles. The largest absolute Gasteiger partial charge is 0.496 e. The number of aryl methyl sites for hydroxylation is 1. The molecule has 1 aromatic heterocycles. The average Bonchev–Trinajstić information content (AvgIpc) is 2.99. The Labute approximate surface area is 164 Å². The molecular weight excluding hydrogens is 362 g/mol. The van der Waals surface area contributed by atoms with E-state index in [4.69, 9.17) is 18.9 Å². The summed E-state index contributed by atoms with van der Waals surface area (Å²) in [6.45, 7) is 5.45. The van der Waals surface area contributed by atoms with E-state index in [-0.39, 0.29) is 12.4 Å². The normalized spacial score (nSPS) is 10.8. The van der Waals surface area contributed by atoms with Crippen LogP contribution in [0.15, 0.2) is 18.2 Å². The third-order valence-electron chi connectivity index (χ3n) is 4.31. The molecule has 0 fully saturated rings. The van der Waals surface area contributed by atoms with Crippen LogP contribution in [0, 0.1) is 13.8 Å². The van der Waals surface area contributed by atoms with Crippen molar-refractivity contribution in [2.45, 2.75) is 20.8 Å². The number of ketones is 1. The van der Waals surface area contributed by atoms with Crippen LogP contribution in [0.5, 0.6) is 17.2 Å². The molecule has 1 aromatic carbocycles. The molecule has 7 nitrogen and oxygen atoms in total. The molecule has 0 atom stereocenters. The molecule has 150 valence electrons. The predicted molar refractivity (Wildman–Crippen MR) is 106 cm³/mol. The SMILES string of the molecule is CCOC(=O)c1[nH]c(C)c(C(=O)/C=C/c2cc(OC)c(OC)cc2OC)c1C. The highest BCUT2D eigenvalue weighted by molar-refractivity contribution is 6.10. The van der Waals surface area contributed by atoms with Crippen molar-refractivity contribution in [2.75, 3.05) is 27.9 Å². The maximum absolute atomic E-state index is 12.8. The summed E-state index contributed by atoms with van der Waals surface area (Å²) < 4.78 is 21.0. The number of esters is 1. The van der Waals surface area contributed by atoms with E-state index in [1.54, 1.807) is 39.0 Å². The van der Waals surface area contributed by atoms with Gasteiger partial charge < -0.3 is 23.9 Å². The first-order valence-corrected chi connectivity index (χ1v) is 8.76. The molecule has 7 heteroatoms. The average molecular weight is 387 g/mol. The second kappa shape index (κ2) is 9.12. The maximum Gasteiger partial charge on any atom is 0.355 e. The standard InChI is InChI=1S/C21H25NO6/c1-7-28-21(24)20-12(2)19(13(3)22-20)15(23)9-8-14-10-17(26-5)18(27-6)11-16(14)25-4/h8-11,22H,7H2,1-6H3/b9-8+. The number of carbonyl (C=O) groups is 2. The lowest BCUT2D eigenvalue weighted by Gasteiger charge is -2.12. The second-order valence-electron chi connectivity index (χ2n) is 5.99. The van der Waals surface area contributed by atoms with Gasteiger partial charge in [0.25, 0.3) is 0 Å². The van der Waals surface area contributed by atoms with Gasteiger partial charge in [0, 0.05) is 22.9 Å². The molecule has 28 heavy (non-hydrogen) atoms. The highest BCUT2D eigenvalue weighted by Gasteiger charge is 2.21. The lowest BCUT2D eigenvalue weighted by molar-refractivity contribution is 0.0519. The van der Waals surface area contributed by atoms with Crippen LogP contribution in [0.1, 0.15) is 44.6 Å². The topological polar surface area (TPSA) is 86.9 Å². The summed E-state index contributed by atoms with van der Waals surface area (Å²) in [6, 6.07) is 3.41. The van der Waals surface area contributed by atoms with Gasteiger partial charge in [0.1, 0.15) is 11.4 Å². The molecule has 0 bridgehead atoms. The number of aromatic amines is 1. The zero-order chi connectivity index (χ0) is 20.8. The maximum atomic E-state index is 12.8. The van der Waals surface area contributed by atoms with Gasteiger partial charge in [-0.15, -0.1) is 0 Å². The van der Waals surface area contributed by atoms with Gasteiger partial charge in [-0.05, 0) is 44.6 Å². The number of methoxy groups -OCH3 is 3. The van der Waals surface area contributed by atoms with Crippen LogP contribution in [-0.2, 0) is 4.74 Å². The number of allylic oxidation sites excluding steroid dienone is 1. The van der Waals surface area contributed by atoms with Gasteiger partial charge >= 0.3 is 5.97 Å². The molecule has 2 aromatic rings. The summed E-state index contributed by atoms with van der Waals surface area (Å²) in [5, 5.41) is 0. The van der Waals surface area contributed by atoms with Crippen LogP contribution < -0.4 is 14.2 Å². The van der Waals surface area contributed by atoms with E-state index in [0.717, 1.165) is 0 Å². The minimum atomic E-state index is -0.479. The molecule has 0 saturated heterocycles. The van der Waals surface area contributed by atoms with Crippen LogP contribution in [-0.4, -0.2) is 44.7 Å². The van der Waals surface area contributed by atoms with Crippen molar-refractivity contribution >= 4 is 17.8 Å². The lowest BCUT2D eigenvalue weighted by Crippen LogP contribution is -2.07. The first-order chi connectivity index (χ1) is 13.4. The number of carbonyl (C=O) groups excluding carboxylic acids is 2. The smallest absolute Gasteiger partial charge is 0.355 e. The molecule has 0 amide bonds. The molecule has 1 N–H and O–H groups in total. The minimum Gasteiger partial charge on any atom is -0.496 e. The van der Waals surface area contributed by atoms with Crippen LogP contribution in [0.2, 0.25) is 0 Å². The second-order valence-corrected chi connectivity index (χ2v) is 5.99. The first kappa shape index (κ1) is 21.1. The van der Waals surface area contributed by atoms with E-state index < -0.39 is 5.97 Å². The van der Waals surface area contributed by atoms with Gasteiger partial charge in [-0.1, -0.05) is 0 Å².